The second kappa shape index (κ2) is 8.41. The first-order chi connectivity index (χ1) is 15.2. The van der Waals surface area contributed by atoms with Crippen LogP contribution in [0.4, 0.5) is 0 Å². The molecule has 2 saturated heterocycles. The summed E-state index contributed by atoms with van der Waals surface area (Å²) in [7, 11) is -7.32. The first-order valence-corrected chi connectivity index (χ1v) is 14.3. The Balaban J connectivity index is 1.34. The summed E-state index contributed by atoms with van der Waals surface area (Å²) in [5, 5.41) is 4.93. The van der Waals surface area contributed by atoms with Crippen molar-refractivity contribution in [3.63, 3.8) is 0 Å². The molecule has 12 heteroatoms. The summed E-state index contributed by atoms with van der Waals surface area (Å²) in [5.41, 5.74) is 2.48. The van der Waals surface area contributed by atoms with Crippen molar-refractivity contribution in [2.45, 2.75) is 44.2 Å². The van der Waals surface area contributed by atoms with Gasteiger partial charge in [-0.2, -0.15) is 12.7 Å². The largest absolute Gasteiger partial charge is 0.454 e. The monoisotopic (exact) mass is 486 g/mol. The third kappa shape index (κ3) is 4.36. The zero-order valence-electron chi connectivity index (χ0n) is 17.9. The molecule has 1 aromatic rings. The molecule has 4 aliphatic heterocycles. The van der Waals surface area contributed by atoms with Crippen LogP contribution in [0.1, 0.15) is 42.9 Å². The number of ether oxygens (including phenoxy) is 2. The molecule has 32 heavy (non-hydrogen) atoms. The highest BCUT2D eigenvalue weighted by atomic mass is 32.2. The molecule has 4 heterocycles. The van der Waals surface area contributed by atoms with Gasteiger partial charge in [-0.1, -0.05) is 0 Å². The molecular weight excluding hydrogens is 456 g/mol. The molecule has 0 saturated carbocycles. The minimum atomic E-state index is -3.82. The molecular formula is C20H30N4O6S2. The van der Waals surface area contributed by atoms with Crippen LogP contribution in [-0.2, 0) is 26.7 Å². The van der Waals surface area contributed by atoms with Crippen molar-refractivity contribution < 1.29 is 26.3 Å². The minimum absolute atomic E-state index is 0.0109. The number of rotatable bonds is 6. The Morgan fingerprint density at radius 3 is 2.69 bits per heavy atom. The number of hydrogen-bond acceptors (Lipinski definition) is 7. The minimum Gasteiger partial charge on any atom is -0.454 e. The molecule has 3 N–H and O–H groups in total. The average molecular weight is 487 g/mol. The van der Waals surface area contributed by atoms with Crippen molar-refractivity contribution in [2.24, 2.45) is 11.1 Å². The topological polar surface area (TPSA) is 131 Å². The van der Waals surface area contributed by atoms with Crippen LogP contribution in [0.5, 0.6) is 11.5 Å². The van der Waals surface area contributed by atoms with Crippen LogP contribution >= 0.6 is 0 Å². The van der Waals surface area contributed by atoms with E-state index in [0.29, 0.717) is 12.5 Å². The molecule has 4 aliphatic rings. The number of piperidine rings is 2. The second-order valence-corrected chi connectivity index (χ2v) is 12.5. The van der Waals surface area contributed by atoms with Crippen molar-refractivity contribution in [1.29, 1.82) is 0 Å². The molecule has 1 aromatic carbocycles. The molecule has 0 spiro atoms. The van der Waals surface area contributed by atoms with Crippen molar-refractivity contribution >= 4 is 20.2 Å². The molecule has 2 fully saturated rings. The lowest BCUT2D eigenvalue weighted by Gasteiger charge is -2.51. The Kier molecular flexibility index (Phi) is 5.87. The number of benzene rings is 1. The van der Waals surface area contributed by atoms with E-state index in [0.717, 1.165) is 50.3 Å². The molecule has 0 aliphatic carbocycles. The quantitative estimate of drug-likeness (QED) is 0.553. The van der Waals surface area contributed by atoms with Crippen LogP contribution in [0, 0.1) is 5.92 Å². The van der Waals surface area contributed by atoms with Gasteiger partial charge in [0.15, 0.2) is 11.5 Å². The third-order valence-corrected chi connectivity index (χ3v) is 9.72. The molecule has 3 atom stereocenters. The van der Waals surface area contributed by atoms with Crippen LogP contribution in [0.2, 0.25) is 0 Å². The molecule has 5 rings (SSSR count). The van der Waals surface area contributed by atoms with Gasteiger partial charge in [-0.3, -0.25) is 4.90 Å². The fraction of sp³-hybridized carbons (Fsp3) is 0.700. The summed E-state index contributed by atoms with van der Waals surface area (Å²) in [5.74, 6) is 1.78. The third-order valence-electron chi connectivity index (χ3n) is 7.14. The van der Waals surface area contributed by atoms with Gasteiger partial charge in [0.05, 0.1) is 5.75 Å². The van der Waals surface area contributed by atoms with Gasteiger partial charge in [0.25, 0.3) is 10.2 Å². The number of sulfonamides is 1. The molecule has 0 bridgehead atoms. The fourth-order valence-corrected chi connectivity index (χ4v) is 7.98. The fourth-order valence-electron chi connectivity index (χ4n) is 5.72. The van der Waals surface area contributed by atoms with E-state index in [4.69, 9.17) is 14.6 Å². The predicted molar refractivity (Wildman–Crippen MR) is 118 cm³/mol. The van der Waals surface area contributed by atoms with E-state index in [2.05, 4.69) is 21.8 Å². The van der Waals surface area contributed by atoms with E-state index in [1.807, 2.05) is 0 Å². The van der Waals surface area contributed by atoms with E-state index in [1.165, 1.54) is 11.1 Å². The Labute approximate surface area is 189 Å². The van der Waals surface area contributed by atoms with Gasteiger partial charge in [0.2, 0.25) is 16.8 Å². The number of nitrogens with zero attached hydrogens (tertiary/aromatic N) is 2. The number of fused-ring (bicyclic) bond motifs is 5. The van der Waals surface area contributed by atoms with Crippen LogP contribution in [0.25, 0.3) is 0 Å². The highest BCUT2D eigenvalue weighted by molar-refractivity contribution is 7.89. The van der Waals surface area contributed by atoms with E-state index in [-0.39, 0.29) is 37.6 Å². The van der Waals surface area contributed by atoms with Gasteiger partial charge in [0, 0.05) is 38.3 Å². The highest BCUT2D eigenvalue weighted by Crippen LogP contribution is 2.46. The first kappa shape index (κ1) is 22.4. The predicted octanol–water partition coefficient (Wildman–Crippen LogP) is 0.312. The summed E-state index contributed by atoms with van der Waals surface area (Å²) < 4.78 is 63.4. The van der Waals surface area contributed by atoms with Gasteiger partial charge in [-0.25, -0.2) is 18.3 Å². The maximum atomic E-state index is 13.2. The Hall–Kier alpha value is -1.44. The number of nitrogens with one attached hydrogen (secondary N) is 1. The molecule has 178 valence electrons. The van der Waals surface area contributed by atoms with Crippen LogP contribution in [0.15, 0.2) is 12.1 Å². The van der Waals surface area contributed by atoms with Crippen molar-refractivity contribution in [3.05, 3.63) is 23.3 Å². The van der Waals surface area contributed by atoms with Gasteiger partial charge < -0.3 is 9.47 Å². The first-order valence-electron chi connectivity index (χ1n) is 11.1. The van der Waals surface area contributed by atoms with Crippen LogP contribution in [0.3, 0.4) is 0 Å². The average Bonchev–Trinajstić information content (AvgIpc) is 3.20. The van der Waals surface area contributed by atoms with Crippen LogP contribution in [-0.4, -0.2) is 70.8 Å². The zero-order chi connectivity index (χ0) is 22.5. The normalized spacial score (nSPS) is 28.1. The maximum absolute atomic E-state index is 13.2. The summed E-state index contributed by atoms with van der Waals surface area (Å²) in [6, 6.07) is 4.27. The SMILES string of the molecule is NS(=O)(=O)NCCCS(=O)(=O)N1CCC[C@H]2CN3CCc4cc5c(cc4[C@@H]3C[C@H]21)OCO5. The second-order valence-electron chi connectivity index (χ2n) is 9.09. The molecule has 0 aromatic heterocycles. The molecule has 0 radical (unpaired) electrons. The summed E-state index contributed by atoms with van der Waals surface area (Å²) in [6.07, 6.45) is 3.78. The lowest BCUT2D eigenvalue weighted by molar-refractivity contribution is 0.0219. The maximum Gasteiger partial charge on any atom is 0.274 e. The molecule has 0 amide bonds. The van der Waals surface area contributed by atoms with Crippen LogP contribution < -0.4 is 19.3 Å². The van der Waals surface area contributed by atoms with E-state index >= 15 is 0 Å². The van der Waals surface area contributed by atoms with Gasteiger partial charge in [0.1, 0.15) is 0 Å². The summed E-state index contributed by atoms with van der Waals surface area (Å²) >= 11 is 0. The number of nitrogens with two attached hydrogens (primary N) is 1. The van der Waals surface area contributed by atoms with E-state index in [1.54, 1.807) is 4.31 Å². The molecule has 0 unspecified atom stereocenters. The Morgan fingerprint density at radius 1 is 1.12 bits per heavy atom. The highest BCUT2D eigenvalue weighted by Gasteiger charge is 2.46. The summed E-state index contributed by atoms with van der Waals surface area (Å²) in [4.78, 5) is 2.50. The van der Waals surface area contributed by atoms with E-state index < -0.39 is 20.2 Å². The summed E-state index contributed by atoms with van der Waals surface area (Å²) in [6.45, 7) is 2.63. The Bertz CT molecular complexity index is 1090. The lowest BCUT2D eigenvalue weighted by Crippen LogP contribution is -2.57. The van der Waals surface area contributed by atoms with Gasteiger partial charge in [-0.05, 0) is 61.3 Å². The van der Waals surface area contributed by atoms with Gasteiger partial charge in [-0.15, -0.1) is 0 Å². The van der Waals surface area contributed by atoms with Crippen molar-refractivity contribution in [3.8, 4) is 11.5 Å². The zero-order valence-corrected chi connectivity index (χ0v) is 19.5. The van der Waals surface area contributed by atoms with E-state index in [9.17, 15) is 16.8 Å². The van der Waals surface area contributed by atoms with Crippen molar-refractivity contribution in [2.75, 3.05) is 38.7 Å². The smallest absolute Gasteiger partial charge is 0.274 e. The van der Waals surface area contributed by atoms with Gasteiger partial charge >= 0.3 is 0 Å². The lowest BCUT2D eigenvalue weighted by atomic mass is 9.77. The Morgan fingerprint density at radius 2 is 1.91 bits per heavy atom. The standard InChI is InChI=1S/C20H30N4O6S2/c21-32(27,28)22-5-2-8-31(25,26)24-6-1-3-15-12-23-7-4-14-9-19-20(30-13-29-19)10-16(14)18(23)11-17(15)24/h9-10,15,17-18,22H,1-8,11-13H2,(H2,21,27,28)/t15-,17+,18-/m0/s1. The molecule has 10 nitrogen and oxygen atoms in total. The number of hydrogen-bond donors (Lipinski definition) is 2. The van der Waals surface area contributed by atoms with Crippen molar-refractivity contribution in [1.82, 2.24) is 13.9 Å².